The molecule has 2 heterocycles. The number of aliphatic hydroxyl groups is 2. The average Bonchev–Trinajstić information content (AvgIpc) is 3.87. The van der Waals surface area contributed by atoms with Gasteiger partial charge in [0.05, 0.1) is 19.8 Å². The number of aliphatic carboxylic acids is 1. The number of hydrogen-bond acceptors (Lipinski definition) is 11. The Morgan fingerprint density at radius 1 is 0.667 bits per heavy atom. The van der Waals surface area contributed by atoms with E-state index in [9.17, 15) is 43.8 Å². The second-order valence-corrected chi connectivity index (χ2v) is 15.1. The molecule has 0 unspecified atom stereocenters. The number of nitrogens with zero attached hydrogens (tertiary/aromatic N) is 1. The van der Waals surface area contributed by atoms with Crippen molar-refractivity contribution in [3.05, 3.63) is 72.1 Å². The summed E-state index contributed by atoms with van der Waals surface area (Å²) in [4.78, 5) is 103. The van der Waals surface area contributed by atoms with Crippen LogP contribution in [0.25, 0.3) is 21.8 Å². The molecule has 6 atom stereocenters. The molecule has 0 saturated heterocycles. The number of nitrogens with two attached hydrogens (primary N) is 3. The maximum atomic E-state index is 14.4. The second-order valence-electron chi connectivity index (χ2n) is 15.1. The topological polar surface area (TPSA) is 374 Å². The quantitative estimate of drug-likeness (QED) is 0.0191. The molecule has 17 N–H and O–H groups in total. The number of H-pyrrole nitrogens is 2. The molecule has 6 amide bonds. The van der Waals surface area contributed by atoms with Gasteiger partial charge in [-0.2, -0.15) is 0 Å². The SMILES string of the molecule is CC(C)[C@H](NC(=O)[C@H](Cc1c[nH]c2ccccc12)NC(=O)[C@H](Cc1c[nH]c2ccccc12)NC(=O)[C@H](CO)NC(=O)[C@H](CCCN=C(N)N)NC(=O)CNC(=O)[C@@H](N)CO)C(=O)O. The number of aliphatic hydroxyl groups excluding tert-OH is 2. The van der Waals surface area contributed by atoms with Crippen LogP contribution >= 0.6 is 0 Å². The first kappa shape index (κ1) is 48.6. The van der Waals surface area contributed by atoms with Gasteiger partial charge in [-0.25, -0.2) is 4.79 Å². The minimum atomic E-state index is -1.68. The zero-order valence-electron chi connectivity index (χ0n) is 34.9. The summed E-state index contributed by atoms with van der Waals surface area (Å²) < 4.78 is 0. The van der Waals surface area contributed by atoms with Crippen molar-refractivity contribution in [3.8, 4) is 0 Å². The Kier molecular flexibility index (Phi) is 17.9. The molecule has 0 spiro atoms. The number of amides is 6. The van der Waals surface area contributed by atoms with Gasteiger partial charge in [-0.3, -0.25) is 33.8 Å². The van der Waals surface area contributed by atoms with Crippen molar-refractivity contribution in [3.63, 3.8) is 0 Å². The third-order valence-electron chi connectivity index (χ3n) is 10.1. The van der Waals surface area contributed by atoms with Gasteiger partial charge in [0.15, 0.2) is 5.96 Å². The maximum absolute atomic E-state index is 14.4. The molecule has 0 fully saturated rings. The number of hydrogen-bond donors (Lipinski definition) is 14. The first-order valence-electron chi connectivity index (χ1n) is 20.2. The normalized spacial score (nSPS) is 14.1. The van der Waals surface area contributed by atoms with Crippen LogP contribution in [-0.2, 0) is 46.4 Å². The van der Waals surface area contributed by atoms with Gasteiger partial charge in [-0.15, -0.1) is 0 Å². The van der Waals surface area contributed by atoms with Crippen LogP contribution in [0.2, 0.25) is 0 Å². The minimum absolute atomic E-state index is 0.0619. The minimum Gasteiger partial charge on any atom is -0.480 e. The number of fused-ring (bicyclic) bond motifs is 2. The van der Waals surface area contributed by atoms with Gasteiger partial charge in [-0.05, 0) is 42.0 Å². The van der Waals surface area contributed by atoms with E-state index in [1.54, 1.807) is 50.5 Å². The highest BCUT2D eigenvalue weighted by atomic mass is 16.4. The van der Waals surface area contributed by atoms with Crippen molar-refractivity contribution in [2.45, 2.75) is 75.8 Å². The molecule has 0 bridgehead atoms. The number of carbonyl (C=O) groups is 7. The van der Waals surface area contributed by atoms with E-state index in [2.05, 4.69) is 46.9 Å². The van der Waals surface area contributed by atoms with Crippen molar-refractivity contribution < 1.29 is 48.9 Å². The summed E-state index contributed by atoms with van der Waals surface area (Å²) in [6.07, 6.45) is 3.19. The largest absolute Gasteiger partial charge is 0.480 e. The number of aromatic amines is 2. The predicted octanol–water partition coefficient (Wildman–Crippen LogP) is -2.92. The van der Waals surface area contributed by atoms with Gasteiger partial charge < -0.3 is 74.4 Å². The number of carboxylic acid groups (broad SMARTS) is 1. The number of nitrogens with one attached hydrogen (secondary N) is 8. The monoisotopic (exact) mass is 876 g/mol. The zero-order valence-corrected chi connectivity index (χ0v) is 34.9. The highest BCUT2D eigenvalue weighted by Crippen LogP contribution is 2.21. The van der Waals surface area contributed by atoms with Crippen molar-refractivity contribution in [2.75, 3.05) is 26.3 Å². The Bertz CT molecular complexity index is 2270. The molecular formula is C41H56N12O10. The van der Waals surface area contributed by atoms with Crippen LogP contribution in [-0.4, -0.2) is 135 Å². The summed E-state index contributed by atoms with van der Waals surface area (Å²) in [5.74, 6) is -7.23. The summed E-state index contributed by atoms with van der Waals surface area (Å²) >= 11 is 0. The van der Waals surface area contributed by atoms with Crippen LogP contribution in [0.15, 0.2) is 65.9 Å². The molecule has 2 aromatic heterocycles. The Hall–Kier alpha value is -7.04. The summed E-state index contributed by atoms with van der Waals surface area (Å²) in [5.41, 5.74) is 19.0. The Balaban J connectivity index is 1.61. The van der Waals surface area contributed by atoms with Crippen LogP contribution in [0.3, 0.4) is 0 Å². The fourth-order valence-electron chi connectivity index (χ4n) is 6.64. The average molecular weight is 877 g/mol. The highest BCUT2D eigenvalue weighted by Gasteiger charge is 2.34. The fraction of sp³-hybridized carbons (Fsp3) is 0.415. The smallest absolute Gasteiger partial charge is 0.326 e. The molecule has 22 heteroatoms. The third kappa shape index (κ3) is 14.0. The summed E-state index contributed by atoms with van der Waals surface area (Å²) in [6.45, 7) is 1.05. The number of aromatic nitrogens is 2. The molecule has 0 saturated carbocycles. The molecule has 0 aliphatic rings. The number of rotatable bonds is 24. The molecule has 0 radical (unpaired) electrons. The molecular weight excluding hydrogens is 821 g/mol. The summed E-state index contributed by atoms with van der Waals surface area (Å²) in [5, 5.41) is 45.7. The number of carboxylic acids is 1. The van der Waals surface area contributed by atoms with E-state index in [-0.39, 0.29) is 38.2 Å². The molecule has 4 rings (SSSR count). The van der Waals surface area contributed by atoms with Crippen LogP contribution in [0.5, 0.6) is 0 Å². The number of aliphatic imine (C=N–C) groups is 1. The number of guanidine groups is 1. The first-order chi connectivity index (χ1) is 30.0. The van der Waals surface area contributed by atoms with Gasteiger partial charge in [-0.1, -0.05) is 50.2 Å². The van der Waals surface area contributed by atoms with Gasteiger partial charge in [0.2, 0.25) is 35.4 Å². The lowest BCUT2D eigenvalue weighted by atomic mass is 10.00. The van der Waals surface area contributed by atoms with Crippen molar-refractivity contribution in [1.82, 2.24) is 41.9 Å². The van der Waals surface area contributed by atoms with E-state index in [4.69, 9.17) is 22.3 Å². The standard InChI is InChI=1S/C41H56N12O10/c1-21(2)34(40(62)63)53-38(60)31(15-23-17-47-28-11-6-4-9-25(23)28)50-37(59)30(14-22-16-46-27-10-5-3-8-24(22)27)51-39(61)32(20-55)52-36(58)29(12-7-13-45-41(43)44)49-33(56)18-48-35(57)26(42)19-54/h3-6,8-11,16-17,21,26,29-32,34,46-47,54-55H,7,12-15,18-20,42H2,1-2H3,(H,48,57)(H,49,56)(H,50,59)(H,51,61)(H,52,58)(H,53,60)(H,62,63)(H4,43,44,45)/t26-,29-,30-,31-,32-,34-/m0/s1. The molecule has 22 nitrogen and oxygen atoms in total. The molecule has 0 aliphatic carbocycles. The van der Waals surface area contributed by atoms with Crippen LogP contribution in [0.4, 0.5) is 0 Å². The Morgan fingerprint density at radius 2 is 1.16 bits per heavy atom. The van der Waals surface area contributed by atoms with Crippen molar-refractivity contribution in [2.24, 2.45) is 28.1 Å². The second kappa shape index (κ2) is 23.3. The van der Waals surface area contributed by atoms with Crippen LogP contribution in [0, 0.1) is 5.92 Å². The molecule has 0 aliphatic heterocycles. The maximum Gasteiger partial charge on any atom is 0.326 e. The zero-order chi connectivity index (χ0) is 46.2. The van der Waals surface area contributed by atoms with E-state index >= 15 is 0 Å². The third-order valence-corrected chi connectivity index (χ3v) is 10.1. The lowest BCUT2D eigenvalue weighted by molar-refractivity contribution is -0.143. The number of benzene rings is 2. The predicted molar refractivity (Wildman–Crippen MR) is 231 cm³/mol. The van der Waals surface area contributed by atoms with E-state index < -0.39 is 103 Å². The lowest BCUT2D eigenvalue weighted by Gasteiger charge is -2.27. The Labute approximate surface area is 361 Å². The van der Waals surface area contributed by atoms with Gasteiger partial charge in [0.1, 0.15) is 36.3 Å². The van der Waals surface area contributed by atoms with E-state index in [1.165, 1.54) is 0 Å². The Morgan fingerprint density at radius 3 is 1.65 bits per heavy atom. The molecule has 4 aromatic rings. The molecule has 63 heavy (non-hydrogen) atoms. The van der Waals surface area contributed by atoms with E-state index in [0.29, 0.717) is 11.1 Å². The number of para-hydroxylation sites is 2. The molecule has 340 valence electrons. The van der Waals surface area contributed by atoms with Crippen LogP contribution < -0.4 is 49.1 Å². The van der Waals surface area contributed by atoms with Gasteiger partial charge >= 0.3 is 5.97 Å². The van der Waals surface area contributed by atoms with Crippen molar-refractivity contribution >= 4 is 69.2 Å². The fourth-order valence-corrected chi connectivity index (χ4v) is 6.64. The number of carbonyl (C=O) groups excluding carboxylic acids is 6. The molecule has 2 aromatic carbocycles. The first-order valence-corrected chi connectivity index (χ1v) is 20.2. The van der Waals surface area contributed by atoms with Gasteiger partial charge in [0, 0.05) is 53.6 Å². The van der Waals surface area contributed by atoms with E-state index in [0.717, 1.165) is 21.8 Å². The lowest BCUT2D eigenvalue weighted by Crippen LogP contribution is -2.60. The van der Waals surface area contributed by atoms with Gasteiger partial charge in [0.25, 0.3) is 0 Å². The summed E-state index contributed by atoms with van der Waals surface area (Å²) in [7, 11) is 0. The van der Waals surface area contributed by atoms with Crippen LogP contribution in [0.1, 0.15) is 37.8 Å². The highest BCUT2D eigenvalue weighted by molar-refractivity contribution is 5.97. The summed E-state index contributed by atoms with van der Waals surface area (Å²) in [6, 6.07) is 6.07. The van der Waals surface area contributed by atoms with Crippen molar-refractivity contribution in [1.29, 1.82) is 0 Å². The van der Waals surface area contributed by atoms with E-state index in [1.807, 2.05) is 24.3 Å².